The molecule has 2 aromatic carbocycles. The van der Waals surface area contributed by atoms with Crippen LogP contribution in [0.1, 0.15) is 5.56 Å². The number of nitrogens with one attached hydrogen (secondary N) is 1. The average Bonchev–Trinajstić information content (AvgIpc) is 2.60. The molecule has 2 N–H and O–H groups in total. The van der Waals surface area contributed by atoms with Gasteiger partial charge in [0.2, 0.25) is 0 Å². The van der Waals surface area contributed by atoms with Crippen LogP contribution in [-0.4, -0.2) is 33.6 Å². The summed E-state index contributed by atoms with van der Waals surface area (Å²) >= 11 is 0. The van der Waals surface area contributed by atoms with Gasteiger partial charge in [0, 0.05) is 0 Å². The van der Waals surface area contributed by atoms with Crippen molar-refractivity contribution in [3.8, 4) is 5.75 Å². The number of nitrogens with zero attached hydrogens (tertiary/aromatic N) is 2. The highest BCUT2D eigenvalue weighted by Crippen LogP contribution is 2.11. The minimum atomic E-state index is -1.07. The van der Waals surface area contributed by atoms with Crippen molar-refractivity contribution >= 4 is 23.1 Å². The Bertz CT molecular complexity index is 1060. The number of aromatic amines is 1. The van der Waals surface area contributed by atoms with E-state index >= 15 is 0 Å². The monoisotopic (exact) mass is 339 g/mol. The van der Waals surface area contributed by atoms with Crippen molar-refractivity contribution in [1.29, 1.82) is 0 Å². The average molecular weight is 339 g/mol. The van der Waals surface area contributed by atoms with Crippen LogP contribution < -0.4 is 16.0 Å². The summed E-state index contributed by atoms with van der Waals surface area (Å²) in [6.45, 7) is -0.435. The lowest BCUT2D eigenvalue weighted by molar-refractivity contribution is -0.139. The van der Waals surface area contributed by atoms with Gasteiger partial charge in [0.1, 0.15) is 5.75 Å². The molecule has 0 amide bonds. The number of aromatic nitrogens is 2. The van der Waals surface area contributed by atoms with Crippen LogP contribution in [-0.2, 0) is 4.79 Å². The molecule has 0 radical (unpaired) electrons. The summed E-state index contributed by atoms with van der Waals surface area (Å²) in [5.74, 6) is -0.680. The van der Waals surface area contributed by atoms with Crippen LogP contribution in [0.3, 0.4) is 0 Å². The van der Waals surface area contributed by atoms with Gasteiger partial charge >= 0.3 is 11.7 Å². The zero-order valence-electron chi connectivity index (χ0n) is 12.9. The van der Waals surface area contributed by atoms with Gasteiger partial charge in [0.05, 0.1) is 17.1 Å². The third-order valence-electron chi connectivity index (χ3n) is 3.35. The molecule has 8 nitrogen and oxygen atoms in total. The van der Waals surface area contributed by atoms with Crippen molar-refractivity contribution < 1.29 is 14.6 Å². The lowest BCUT2D eigenvalue weighted by Gasteiger charge is -2.03. The van der Waals surface area contributed by atoms with Crippen molar-refractivity contribution in [2.75, 3.05) is 6.61 Å². The van der Waals surface area contributed by atoms with Crippen molar-refractivity contribution in [3.05, 3.63) is 74.9 Å². The number of hydrogen-bond acceptors (Lipinski definition) is 5. The molecule has 3 aromatic rings. The zero-order chi connectivity index (χ0) is 17.8. The molecule has 8 heteroatoms. The quantitative estimate of drug-likeness (QED) is 0.674. The second-order valence-corrected chi connectivity index (χ2v) is 5.09. The Kier molecular flexibility index (Phi) is 4.42. The van der Waals surface area contributed by atoms with E-state index in [2.05, 4.69) is 10.1 Å². The summed E-state index contributed by atoms with van der Waals surface area (Å²) < 4.78 is 5.76. The van der Waals surface area contributed by atoms with E-state index < -0.39 is 23.8 Å². The maximum atomic E-state index is 12.3. The van der Waals surface area contributed by atoms with Crippen molar-refractivity contribution in [2.45, 2.75) is 0 Å². The number of carbonyl (C=O) groups is 1. The van der Waals surface area contributed by atoms with Crippen LogP contribution in [0.15, 0.2) is 63.2 Å². The topological polar surface area (TPSA) is 114 Å². The van der Waals surface area contributed by atoms with E-state index in [-0.39, 0.29) is 0 Å². The van der Waals surface area contributed by atoms with E-state index in [9.17, 15) is 14.4 Å². The Morgan fingerprint density at radius 2 is 1.88 bits per heavy atom. The summed E-state index contributed by atoms with van der Waals surface area (Å²) in [4.78, 5) is 37.4. The van der Waals surface area contributed by atoms with Crippen LogP contribution in [0.2, 0.25) is 0 Å². The lowest BCUT2D eigenvalue weighted by Crippen LogP contribution is -2.32. The lowest BCUT2D eigenvalue weighted by atomic mass is 10.2. The van der Waals surface area contributed by atoms with Gasteiger partial charge in [-0.05, 0) is 42.0 Å². The maximum absolute atomic E-state index is 12.3. The molecular weight excluding hydrogens is 326 g/mol. The summed E-state index contributed by atoms with van der Waals surface area (Å²) in [6, 6.07) is 13.1. The summed E-state index contributed by atoms with van der Waals surface area (Å²) in [5.41, 5.74) is -0.0932. The van der Waals surface area contributed by atoms with Gasteiger partial charge in [0.15, 0.2) is 6.61 Å². The smallest absolute Gasteiger partial charge is 0.349 e. The molecule has 0 aliphatic carbocycles. The second kappa shape index (κ2) is 6.83. The summed E-state index contributed by atoms with van der Waals surface area (Å²) in [5, 5.41) is 12.8. The highest BCUT2D eigenvalue weighted by Gasteiger charge is 2.05. The molecule has 0 saturated carbocycles. The van der Waals surface area contributed by atoms with Gasteiger partial charge in [-0.1, -0.05) is 12.1 Å². The van der Waals surface area contributed by atoms with E-state index in [4.69, 9.17) is 9.84 Å². The fourth-order valence-corrected chi connectivity index (χ4v) is 2.18. The number of benzene rings is 2. The highest BCUT2D eigenvalue weighted by molar-refractivity contribution is 5.80. The Balaban J connectivity index is 1.87. The van der Waals surface area contributed by atoms with Crippen molar-refractivity contribution in [1.82, 2.24) is 9.66 Å². The third kappa shape index (κ3) is 3.63. The van der Waals surface area contributed by atoms with Gasteiger partial charge < -0.3 is 14.8 Å². The van der Waals surface area contributed by atoms with E-state index in [1.54, 1.807) is 48.5 Å². The molecule has 0 spiro atoms. The molecule has 0 bridgehead atoms. The van der Waals surface area contributed by atoms with E-state index in [1.165, 1.54) is 6.21 Å². The number of rotatable bonds is 5. The van der Waals surface area contributed by atoms with Gasteiger partial charge in [0.25, 0.3) is 5.56 Å². The highest BCUT2D eigenvalue weighted by atomic mass is 16.5. The summed E-state index contributed by atoms with van der Waals surface area (Å²) in [6.07, 6.45) is 1.35. The molecule has 0 fully saturated rings. The maximum Gasteiger partial charge on any atom is 0.349 e. The molecule has 0 aliphatic rings. The molecule has 25 heavy (non-hydrogen) atoms. The molecule has 0 atom stereocenters. The number of hydrogen-bond donors (Lipinski definition) is 2. The van der Waals surface area contributed by atoms with Gasteiger partial charge in [-0.15, -0.1) is 4.68 Å². The number of fused-ring (bicyclic) bond motifs is 1. The molecule has 1 heterocycles. The second-order valence-electron chi connectivity index (χ2n) is 5.09. The Morgan fingerprint density at radius 3 is 2.60 bits per heavy atom. The molecule has 0 aliphatic heterocycles. The first-order valence-electron chi connectivity index (χ1n) is 7.28. The van der Waals surface area contributed by atoms with Crippen LogP contribution >= 0.6 is 0 Å². The Hall–Kier alpha value is -3.68. The zero-order valence-corrected chi connectivity index (χ0v) is 12.9. The van der Waals surface area contributed by atoms with Crippen molar-refractivity contribution in [3.63, 3.8) is 0 Å². The van der Waals surface area contributed by atoms with Gasteiger partial charge in [-0.2, -0.15) is 5.10 Å². The predicted octanol–water partition coefficient (Wildman–Crippen LogP) is 1.04. The molecule has 1 aromatic heterocycles. The van der Waals surface area contributed by atoms with Crippen LogP contribution in [0.5, 0.6) is 5.75 Å². The first kappa shape index (κ1) is 16.2. The largest absolute Gasteiger partial charge is 0.482 e. The standard InChI is InChI=1S/C17H13N3O5/c21-15(22)10-25-12-7-5-11(6-8-12)9-18-20-16(23)13-3-1-2-4-14(13)19-17(20)24/h1-9H,10H2,(H,19,24)(H,21,22). The Labute approximate surface area is 140 Å². The molecule has 0 saturated heterocycles. The van der Waals surface area contributed by atoms with Crippen LogP contribution in [0.25, 0.3) is 10.9 Å². The Morgan fingerprint density at radius 1 is 1.16 bits per heavy atom. The van der Waals surface area contributed by atoms with E-state index in [0.717, 1.165) is 4.68 Å². The van der Waals surface area contributed by atoms with Crippen LogP contribution in [0.4, 0.5) is 0 Å². The number of carboxylic acid groups (broad SMARTS) is 1. The first-order valence-corrected chi connectivity index (χ1v) is 7.28. The normalized spacial score (nSPS) is 11.0. The van der Waals surface area contributed by atoms with Crippen LogP contribution in [0, 0.1) is 0 Å². The fourth-order valence-electron chi connectivity index (χ4n) is 2.18. The van der Waals surface area contributed by atoms with Gasteiger partial charge in [-0.3, -0.25) is 4.79 Å². The SMILES string of the molecule is O=C(O)COc1ccc(C=Nn2c(=O)[nH]c3ccccc3c2=O)cc1. The first-order chi connectivity index (χ1) is 12.0. The minimum Gasteiger partial charge on any atom is -0.482 e. The van der Waals surface area contributed by atoms with E-state index in [0.29, 0.717) is 22.2 Å². The molecular formula is C17H13N3O5. The number of aliphatic carboxylic acids is 1. The number of H-pyrrole nitrogens is 1. The predicted molar refractivity (Wildman–Crippen MR) is 91.4 cm³/mol. The third-order valence-corrected chi connectivity index (χ3v) is 3.35. The van der Waals surface area contributed by atoms with Gasteiger partial charge in [-0.25, -0.2) is 9.59 Å². The molecule has 126 valence electrons. The fraction of sp³-hybridized carbons (Fsp3) is 0.0588. The molecule has 3 rings (SSSR count). The van der Waals surface area contributed by atoms with Crippen molar-refractivity contribution in [2.24, 2.45) is 5.10 Å². The number of ether oxygens (including phenoxy) is 1. The number of carboxylic acids is 1. The van der Waals surface area contributed by atoms with E-state index in [1.807, 2.05) is 0 Å². The summed E-state index contributed by atoms with van der Waals surface area (Å²) in [7, 11) is 0. The number of para-hydroxylation sites is 1. The minimum absolute atomic E-state index is 0.358. The molecule has 0 unspecified atom stereocenters.